The molecule has 0 spiro atoms. The van der Waals surface area contributed by atoms with Crippen LogP contribution in [0.25, 0.3) is 11.1 Å². The second-order valence-electron chi connectivity index (χ2n) is 6.94. The van der Waals surface area contributed by atoms with Crippen LogP contribution in [0.2, 0.25) is 0 Å². The predicted octanol–water partition coefficient (Wildman–Crippen LogP) is 4.22. The zero-order chi connectivity index (χ0) is 18.8. The number of carbonyl (C=O) groups is 1. The lowest BCUT2D eigenvalue weighted by Gasteiger charge is -2.09. The molecule has 1 N–H and O–H groups in total. The Hall–Kier alpha value is -3.21. The minimum absolute atomic E-state index is 0.0105. The lowest BCUT2D eigenvalue weighted by molar-refractivity contribution is -0.138. The van der Waals surface area contributed by atoms with Crippen LogP contribution in [0.1, 0.15) is 29.2 Å². The highest BCUT2D eigenvalue weighted by atomic mass is 16.5. The van der Waals surface area contributed by atoms with Crippen molar-refractivity contribution in [1.29, 1.82) is 0 Å². The van der Waals surface area contributed by atoms with Crippen LogP contribution in [0.5, 0.6) is 5.75 Å². The molecule has 2 heterocycles. The number of ether oxygens (including phenoxy) is 1. The molecule has 0 bridgehead atoms. The first kappa shape index (κ1) is 17.2. The van der Waals surface area contributed by atoms with Crippen LogP contribution in [0.3, 0.4) is 0 Å². The molecule has 0 amide bonds. The molecule has 5 heteroatoms. The number of aliphatic carboxylic acids is 1. The van der Waals surface area contributed by atoms with E-state index in [1.807, 2.05) is 18.2 Å². The topological polar surface area (TPSA) is 72.3 Å². The Morgan fingerprint density at radius 1 is 1.15 bits per heavy atom. The fourth-order valence-electron chi connectivity index (χ4n) is 3.13. The van der Waals surface area contributed by atoms with Crippen LogP contribution in [0, 0.1) is 12.8 Å². The summed E-state index contributed by atoms with van der Waals surface area (Å²) in [6, 6.07) is 14.0. The summed E-state index contributed by atoms with van der Waals surface area (Å²) in [6.45, 7) is 2.54. The van der Waals surface area contributed by atoms with E-state index in [0.29, 0.717) is 18.8 Å². The molecule has 1 fully saturated rings. The lowest BCUT2D eigenvalue weighted by atomic mass is 10.1. The van der Waals surface area contributed by atoms with Crippen LogP contribution in [-0.2, 0) is 11.4 Å². The zero-order valence-corrected chi connectivity index (χ0v) is 15.0. The van der Waals surface area contributed by atoms with Gasteiger partial charge in [-0.25, -0.2) is 0 Å². The number of aryl methyl sites for hydroxylation is 1. The van der Waals surface area contributed by atoms with Crippen LogP contribution >= 0.6 is 0 Å². The Morgan fingerprint density at radius 2 is 1.96 bits per heavy atom. The number of carboxylic acids is 1. The summed E-state index contributed by atoms with van der Waals surface area (Å²) in [7, 11) is 0. The number of rotatable bonds is 6. The number of benzene rings is 1. The second kappa shape index (κ2) is 7.19. The number of hydrogen-bond acceptors (Lipinski definition) is 4. The summed E-state index contributed by atoms with van der Waals surface area (Å²) in [6.07, 6.45) is 5.85. The van der Waals surface area contributed by atoms with Gasteiger partial charge < -0.3 is 9.84 Å². The summed E-state index contributed by atoms with van der Waals surface area (Å²) >= 11 is 0. The van der Waals surface area contributed by atoms with Gasteiger partial charge in [-0.1, -0.05) is 29.8 Å². The maximum atomic E-state index is 11.1. The predicted molar refractivity (Wildman–Crippen MR) is 101 cm³/mol. The Kier molecular flexibility index (Phi) is 4.59. The molecule has 0 saturated heterocycles. The second-order valence-corrected chi connectivity index (χ2v) is 6.94. The van der Waals surface area contributed by atoms with Crippen LogP contribution in [0.4, 0.5) is 0 Å². The van der Waals surface area contributed by atoms with Crippen molar-refractivity contribution in [3.8, 4) is 16.9 Å². The van der Waals surface area contributed by atoms with Crippen molar-refractivity contribution in [3.63, 3.8) is 0 Å². The van der Waals surface area contributed by atoms with E-state index in [1.165, 1.54) is 5.56 Å². The molecule has 5 nitrogen and oxygen atoms in total. The van der Waals surface area contributed by atoms with Crippen molar-refractivity contribution in [2.24, 2.45) is 5.92 Å². The highest BCUT2D eigenvalue weighted by Crippen LogP contribution is 2.47. The van der Waals surface area contributed by atoms with Crippen molar-refractivity contribution < 1.29 is 14.6 Å². The molecular weight excluding hydrogens is 340 g/mol. The molecule has 0 aliphatic heterocycles. The van der Waals surface area contributed by atoms with Crippen molar-refractivity contribution >= 4 is 5.97 Å². The van der Waals surface area contributed by atoms with Gasteiger partial charge in [0.05, 0.1) is 12.1 Å². The molecule has 0 unspecified atom stereocenters. The fourth-order valence-corrected chi connectivity index (χ4v) is 3.13. The minimum atomic E-state index is -0.750. The first-order valence-electron chi connectivity index (χ1n) is 8.92. The summed E-state index contributed by atoms with van der Waals surface area (Å²) in [5.74, 6) is -0.354. The molecular formula is C22H20N2O3. The smallest absolute Gasteiger partial charge is 0.307 e. The van der Waals surface area contributed by atoms with E-state index >= 15 is 0 Å². The van der Waals surface area contributed by atoms with E-state index in [9.17, 15) is 4.79 Å². The monoisotopic (exact) mass is 360 g/mol. The maximum Gasteiger partial charge on any atom is 0.307 e. The van der Waals surface area contributed by atoms with E-state index in [4.69, 9.17) is 9.84 Å². The van der Waals surface area contributed by atoms with Gasteiger partial charge in [0.2, 0.25) is 0 Å². The maximum absolute atomic E-state index is 11.1. The van der Waals surface area contributed by atoms with Crippen molar-refractivity contribution in [3.05, 3.63) is 77.9 Å². The van der Waals surface area contributed by atoms with Gasteiger partial charge in [0.1, 0.15) is 12.4 Å². The van der Waals surface area contributed by atoms with Gasteiger partial charge in [-0.05, 0) is 42.7 Å². The molecule has 4 rings (SSSR count). The molecule has 1 aliphatic carbocycles. The van der Waals surface area contributed by atoms with Gasteiger partial charge in [0.15, 0.2) is 0 Å². The summed E-state index contributed by atoms with van der Waals surface area (Å²) < 4.78 is 5.88. The molecule has 0 radical (unpaired) electrons. The largest absolute Gasteiger partial charge is 0.487 e. The Balaban J connectivity index is 1.49. The van der Waals surface area contributed by atoms with Gasteiger partial charge in [-0.2, -0.15) is 0 Å². The van der Waals surface area contributed by atoms with E-state index < -0.39 is 5.97 Å². The third-order valence-electron chi connectivity index (χ3n) is 4.84. The molecule has 136 valence electrons. The summed E-state index contributed by atoms with van der Waals surface area (Å²) in [4.78, 5) is 19.7. The Labute approximate surface area is 157 Å². The van der Waals surface area contributed by atoms with Crippen molar-refractivity contribution in [1.82, 2.24) is 9.97 Å². The highest BCUT2D eigenvalue weighted by Gasteiger charge is 2.45. The van der Waals surface area contributed by atoms with Crippen molar-refractivity contribution in [2.45, 2.75) is 25.9 Å². The first-order chi connectivity index (χ1) is 13.1. The number of aromatic nitrogens is 2. The van der Waals surface area contributed by atoms with Gasteiger partial charge >= 0.3 is 5.97 Å². The average molecular weight is 360 g/mol. The van der Waals surface area contributed by atoms with Gasteiger partial charge in [-0.15, -0.1) is 0 Å². The molecule has 3 aromatic rings. The molecule has 2 atom stereocenters. The molecule has 1 aromatic carbocycles. The molecule has 27 heavy (non-hydrogen) atoms. The Morgan fingerprint density at radius 3 is 2.70 bits per heavy atom. The zero-order valence-electron chi connectivity index (χ0n) is 15.0. The molecule has 1 saturated carbocycles. The highest BCUT2D eigenvalue weighted by molar-refractivity contribution is 5.75. The number of pyridine rings is 2. The van der Waals surface area contributed by atoms with E-state index in [0.717, 1.165) is 22.4 Å². The number of nitrogens with zero attached hydrogens (tertiary/aromatic N) is 2. The van der Waals surface area contributed by atoms with E-state index in [2.05, 4.69) is 41.2 Å². The molecule has 2 aromatic heterocycles. The van der Waals surface area contributed by atoms with Crippen LogP contribution < -0.4 is 4.74 Å². The third-order valence-corrected chi connectivity index (χ3v) is 4.84. The average Bonchev–Trinajstić information content (AvgIpc) is 3.49. The number of carboxylic acid groups (broad SMARTS) is 1. The Bertz CT molecular complexity index is 969. The van der Waals surface area contributed by atoms with Gasteiger partial charge in [0.25, 0.3) is 0 Å². The van der Waals surface area contributed by atoms with E-state index in [1.54, 1.807) is 18.6 Å². The first-order valence-corrected chi connectivity index (χ1v) is 8.92. The molecule has 1 aliphatic rings. The van der Waals surface area contributed by atoms with Gasteiger partial charge in [-0.3, -0.25) is 14.8 Å². The fraction of sp³-hybridized carbons (Fsp3) is 0.227. The third kappa shape index (κ3) is 3.97. The van der Waals surface area contributed by atoms with E-state index in [-0.39, 0.29) is 11.8 Å². The van der Waals surface area contributed by atoms with Crippen LogP contribution in [0.15, 0.2) is 61.1 Å². The lowest BCUT2D eigenvalue weighted by Crippen LogP contribution is -2.00. The standard InChI is InChI=1S/C22H20N2O3/c1-14-2-4-15(5-3-14)13-27-18-8-17(11-23-12-18)16-6-7-24-21(9-16)19-10-20(19)22(25)26/h2-9,11-12,19-20H,10,13H2,1H3,(H,25,26)/t19-,20-/m1/s1. The van der Waals surface area contributed by atoms with Crippen molar-refractivity contribution in [2.75, 3.05) is 0 Å². The quantitative estimate of drug-likeness (QED) is 0.712. The normalized spacial score (nSPS) is 18.1. The number of hydrogen-bond donors (Lipinski definition) is 1. The summed E-state index contributed by atoms with van der Waals surface area (Å²) in [5, 5.41) is 9.12. The minimum Gasteiger partial charge on any atom is -0.487 e. The SMILES string of the molecule is Cc1ccc(COc2cncc(-c3ccnc([C@@H]4C[C@H]4C(=O)O)c3)c2)cc1. The summed E-state index contributed by atoms with van der Waals surface area (Å²) in [5.41, 5.74) is 5.03. The van der Waals surface area contributed by atoms with Gasteiger partial charge in [0, 0.05) is 29.6 Å². The van der Waals surface area contributed by atoms with Crippen LogP contribution in [-0.4, -0.2) is 21.0 Å².